The molecule has 2 aliphatic rings. The Bertz CT molecular complexity index is 1850. The number of carbonyl (C=O) groups excluding carboxylic acids is 4. The van der Waals surface area contributed by atoms with Crippen molar-refractivity contribution in [2.75, 3.05) is 19.7 Å². The van der Waals surface area contributed by atoms with Gasteiger partial charge in [0.25, 0.3) is 11.5 Å². The van der Waals surface area contributed by atoms with Gasteiger partial charge in [-0.05, 0) is 96.0 Å². The maximum atomic E-state index is 14.8. The van der Waals surface area contributed by atoms with Crippen molar-refractivity contribution < 1.29 is 28.7 Å². The summed E-state index contributed by atoms with van der Waals surface area (Å²) in [5.74, 6) is -1.88. The lowest BCUT2D eigenvalue weighted by molar-refractivity contribution is -0.162. The second kappa shape index (κ2) is 18.0. The van der Waals surface area contributed by atoms with Crippen LogP contribution in [-0.4, -0.2) is 76.1 Å². The quantitative estimate of drug-likeness (QED) is 0.297. The number of nitrogens with one attached hydrogen (secondary N) is 2. The number of likely N-dealkylation sites (tertiary alicyclic amines) is 1. The van der Waals surface area contributed by atoms with Crippen LogP contribution in [0.15, 0.2) is 77.7 Å². The molecule has 1 aromatic heterocycles. The van der Waals surface area contributed by atoms with Crippen molar-refractivity contribution >= 4 is 50.7 Å². The van der Waals surface area contributed by atoms with Gasteiger partial charge in [0.1, 0.15) is 11.2 Å². The lowest BCUT2D eigenvalue weighted by Gasteiger charge is -2.43. The number of pyridine rings is 1. The van der Waals surface area contributed by atoms with Crippen LogP contribution in [0.25, 0.3) is 0 Å². The summed E-state index contributed by atoms with van der Waals surface area (Å²) in [6.45, 7) is 11.8. The van der Waals surface area contributed by atoms with E-state index >= 15 is 0 Å². The van der Waals surface area contributed by atoms with Crippen molar-refractivity contribution in [2.45, 2.75) is 102 Å². The molecular formula is C41H56N4O7S2. The molecule has 1 aliphatic carbocycles. The molecule has 54 heavy (non-hydrogen) atoms. The van der Waals surface area contributed by atoms with Crippen LogP contribution in [0.2, 0.25) is 0 Å². The molecule has 2 N–H and O–H groups in total. The summed E-state index contributed by atoms with van der Waals surface area (Å²) >= 11 is 0. The molecule has 294 valence electrons. The molecule has 1 aliphatic heterocycles. The number of piperidine rings is 1. The van der Waals surface area contributed by atoms with Gasteiger partial charge in [0, 0.05) is 32.4 Å². The van der Waals surface area contributed by atoms with Gasteiger partial charge in [-0.25, -0.2) is 4.79 Å². The van der Waals surface area contributed by atoms with Gasteiger partial charge in [-0.3, -0.25) is 19.2 Å². The van der Waals surface area contributed by atoms with E-state index in [1.54, 1.807) is 40.1 Å². The highest BCUT2D eigenvalue weighted by Crippen LogP contribution is 2.48. The summed E-state index contributed by atoms with van der Waals surface area (Å²) in [7, 11) is 1.60. The molecule has 0 unspecified atom stereocenters. The Morgan fingerprint density at radius 2 is 1.48 bits per heavy atom. The highest BCUT2D eigenvalue weighted by Gasteiger charge is 2.50. The number of aromatic nitrogens is 1. The molecule has 1 fully saturated rings. The zero-order chi connectivity index (χ0) is 37.8. The average molecular weight is 781 g/mol. The predicted molar refractivity (Wildman–Crippen MR) is 219 cm³/mol. The fourth-order valence-corrected chi connectivity index (χ4v) is 7.14. The van der Waals surface area contributed by atoms with E-state index in [9.17, 15) is 24.0 Å². The molecule has 5 rings (SSSR count). The Hall–Kier alpha value is -4.07. The van der Waals surface area contributed by atoms with E-state index in [2.05, 4.69) is 10.6 Å². The van der Waals surface area contributed by atoms with Gasteiger partial charge < -0.3 is 29.6 Å². The van der Waals surface area contributed by atoms with E-state index in [4.69, 9.17) is 9.47 Å². The average Bonchev–Trinajstić information content (AvgIpc) is 3.09. The van der Waals surface area contributed by atoms with Gasteiger partial charge in [0.15, 0.2) is 6.04 Å². The van der Waals surface area contributed by atoms with E-state index in [1.807, 2.05) is 80.3 Å². The molecule has 3 aromatic rings. The fourth-order valence-electron chi connectivity index (χ4n) is 7.14. The summed E-state index contributed by atoms with van der Waals surface area (Å²) in [6, 6.07) is 19.0. The molecule has 3 amide bonds. The number of fused-ring (bicyclic) bond motifs is 1. The first-order chi connectivity index (χ1) is 24.5. The minimum atomic E-state index is -1.19. The van der Waals surface area contributed by atoms with Crippen LogP contribution in [0.3, 0.4) is 0 Å². The monoisotopic (exact) mass is 780 g/mol. The highest BCUT2D eigenvalue weighted by molar-refractivity contribution is 7.59. The van der Waals surface area contributed by atoms with Gasteiger partial charge in [0.2, 0.25) is 11.8 Å². The summed E-state index contributed by atoms with van der Waals surface area (Å²) in [4.78, 5) is 69.7. The molecule has 11 nitrogen and oxygen atoms in total. The summed E-state index contributed by atoms with van der Waals surface area (Å²) in [5.41, 5.74) is -0.548. The topological polar surface area (TPSA) is 136 Å². The molecule has 1 saturated heterocycles. The Balaban J connectivity index is 0.00000392. The minimum Gasteiger partial charge on any atom is -0.458 e. The third kappa shape index (κ3) is 10.2. The second-order valence-electron chi connectivity index (χ2n) is 15.8. The Morgan fingerprint density at radius 1 is 0.852 bits per heavy atom. The predicted octanol–water partition coefficient (Wildman–Crippen LogP) is 4.84. The number of benzene rings is 2. The smallest absolute Gasteiger partial charge is 0.331 e. The molecule has 13 heteroatoms. The molecule has 0 bridgehead atoms. The lowest BCUT2D eigenvalue weighted by Crippen LogP contribution is -2.56. The first-order valence-electron chi connectivity index (χ1n) is 18.1. The lowest BCUT2D eigenvalue weighted by atomic mass is 9.62. The Kier molecular flexibility index (Phi) is 14.8. The summed E-state index contributed by atoms with van der Waals surface area (Å²) in [6.07, 6.45) is 3.45. The van der Waals surface area contributed by atoms with E-state index in [-0.39, 0.29) is 62.6 Å². The van der Waals surface area contributed by atoms with E-state index < -0.39 is 40.5 Å². The molecule has 3 atom stereocenters. The van der Waals surface area contributed by atoms with Crippen molar-refractivity contribution in [3.8, 4) is 0 Å². The molecule has 0 radical (unpaired) electrons. The Labute approximate surface area is 332 Å². The van der Waals surface area contributed by atoms with Crippen LogP contribution >= 0.6 is 27.0 Å². The van der Waals surface area contributed by atoms with E-state index in [0.717, 1.165) is 16.7 Å². The number of hydrogen-bond donors (Lipinski definition) is 2. The number of ether oxygens (including phenoxy) is 2. The third-order valence-corrected chi connectivity index (χ3v) is 9.75. The number of hydrogen-bond acceptors (Lipinski definition) is 7. The summed E-state index contributed by atoms with van der Waals surface area (Å²) < 4.78 is 13.1. The van der Waals surface area contributed by atoms with Crippen molar-refractivity contribution in [3.63, 3.8) is 0 Å². The van der Waals surface area contributed by atoms with Crippen molar-refractivity contribution in [1.82, 2.24) is 20.1 Å². The largest absolute Gasteiger partial charge is 0.458 e. The van der Waals surface area contributed by atoms with Crippen LogP contribution in [0.1, 0.15) is 100 Å². The molecule has 0 saturated carbocycles. The van der Waals surface area contributed by atoms with Crippen LogP contribution < -0.4 is 16.2 Å². The first-order valence-corrected chi connectivity index (χ1v) is 18.1. The number of nitrogens with zero attached hydrogens (tertiary/aromatic N) is 2. The minimum absolute atomic E-state index is 0. The van der Waals surface area contributed by atoms with Crippen molar-refractivity contribution in [1.29, 1.82) is 0 Å². The molecular weight excluding hydrogens is 725 g/mol. The van der Waals surface area contributed by atoms with Crippen LogP contribution in [0, 0.1) is 0 Å². The van der Waals surface area contributed by atoms with Crippen molar-refractivity contribution in [3.05, 3.63) is 106 Å². The zero-order valence-electron chi connectivity index (χ0n) is 32.4. The van der Waals surface area contributed by atoms with Crippen LogP contribution in [0.4, 0.5) is 0 Å². The zero-order valence-corrected chi connectivity index (χ0v) is 34.4. The number of amides is 3. The normalized spacial score (nSPS) is 19.2. The van der Waals surface area contributed by atoms with E-state index in [1.165, 1.54) is 10.6 Å². The van der Waals surface area contributed by atoms with Gasteiger partial charge in [-0.1, -0.05) is 54.6 Å². The Morgan fingerprint density at radius 3 is 2.11 bits per heavy atom. The second-order valence-corrected chi connectivity index (χ2v) is 15.8. The van der Waals surface area contributed by atoms with Gasteiger partial charge >= 0.3 is 5.97 Å². The van der Waals surface area contributed by atoms with Crippen LogP contribution in [0.5, 0.6) is 0 Å². The maximum Gasteiger partial charge on any atom is 0.331 e. The number of aryl methyl sites for hydroxylation is 1. The number of rotatable bonds is 9. The fraction of sp³-hybridized carbons (Fsp3) is 0.488. The maximum absolute atomic E-state index is 14.8. The van der Waals surface area contributed by atoms with Gasteiger partial charge in [0.05, 0.1) is 23.5 Å². The molecule has 0 spiro atoms. The van der Waals surface area contributed by atoms with Gasteiger partial charge in [-0.2, -0.15) is 27.0 Å². The molecule has 2 aromatic carbocycles. The number of esters is 1. The number of carbonyl (C=O) groups is 4. The highest BCUT2D eigenvalue weighted by atomic mass is 32.1. The molecule has 2 heterocycles. The van der Waals surface area contributed by atoms with Crippen molar-refractivity contribution in [2.24, 2.45) is 7.05 Å². The van der Waals surface area contributed by atoms with Gasteiger partial charge in [-0.15, -0.1) is 0 Å². The third-order valence-electron chi connectivity index (χ3n) is 9.75. The van der Waals surface area contributed by atoms with E-state index in [0.29, 0.717) is 38.8 Å². The van der Waals surface area contributed by atoms with Crippen LogP contribution in [-0.2, 0) is 36.3 Å². The summed E-state index contributed by atoms with van der Waals surface area (Å²) in [5, 5.41) is 5.99. The standard InChI is InChI=1S/C41H52N4O7.2H2S/c1-39(2,3)51-26-33(37(49)52-40(4,5)6)43-38(50)41(27-14-9-8-10-15-27)22-19-30(29-16-11-12-18-32(29)41)36(48)45-24-20-28(21-25-45)42-34(46)31-17-13-23-44(7)35(31)47;;/h8-18,23,28,30,33H,19-22,24-26H2,1-7H3,(H,42,46)(H,43,50);2*1H2/t30-,33-,41+;;/m0../s1. The first kappa shape index (κ1) is 44.3. The SMILES string of the molecule is Cn1cccc(C(=O)NC2CCN(C(=O)[C@H]3CC[C@@](C(=O)N[C@@H](COC(C)(C)C)C(=O)OC(C)(C)C)(c4ccccc4)c4ccccc43)CC2)c1=O.S.S.